The highest BCUT2D eigenvalue weighted by Crippen LogP contribution is 2.07. The van der Waals surface area contributed by atoms with Gasteiger partial charge in [0.2, 0.25) is 0 Å². The molecule has 0 aliphatic heterocycles. The minimum absolute atomic E-state index is 0.184. The molecular weight excluding hydrogens is 238 g/mol. The zero-order valence-corrected chi connectivity index (χ0v) is 10.2. The summed E-state index contributed by atoms with van der Waals surface area (Å²) in [5.41, 5.74) is 5.69. The van der Waals surface area contributed by atoms with Crippen LogP contribution in [0, 0.1) is 0 Å². The van der Waals surface area contributed by atoms with Crippen molar-refractivity contribution in [2.45, 2.75) is 12.5 Å². The number of pyridine rings is 1. The fraction of sp³-hybridized carbons (Fsp3) is 0.364. The number of aromatic nitrogens is 1. The number of primary amides is 1. The molecule has 7 nitrogen and oxygen atoms in total. The molecule has 0 fully saturated rings. The number of hydrogen-bond acceptors (Lipinski definition) is 5. The van der Waals surface area contributed by atoms with E-state index >= 15 is 0 Å². The number of carbonyl (C=O) groups is 2. The van der Waals surface area contributed by atoms with Gasteiger partial charge in [0.1, 0.15) is 0 Å². The van der Waals surface area contributed by atoms with Crippen LogP contribution in [0.15, 0.2) is 24.5 Å². The molecule has 1 rings (SSSR count). The Labute approximate surface area is 104 Å². The third-order valence-corrected chi connectivity index (χ3v) is 2.26. The van der Waals surface area contributed by atoms with Crippen molar-refractivity contribution in [3.63, 3.8) is 0 Å². The van der Waals surface area contributed by atoms with Gasteiger partial charge in [-0.25, -0.2) is 9.86 Å². The van der Waals surface area contributed by atoms with Gasteiger partial charge in [0.15, 0.2) is 6.10 Å². The van der Waals surface area contributed by atoms with Gasteiger partial charge in [0.05, 0.1) is 7.11 Å². The van der Waals surface area contributed by atoms with Crippen LogP contribution in [0.2, 0.25) is 0 Å². The highest BCUT2D eigenvalue weighted by atomic mass is 16.7. The van der Waals surface area contributed by atoms with Gasteiger partial charge >= 0.3 is 6.09 Å². The first kappa shape index (κ1) is 13.9. The van der Waals surface area contributed by atoms with Gasteiger partial charge in [-0.15, -0.1) is 0 Å². The predicted octanol–water partition coefficient (Wildman–Crippen LogP) is 0.108. The van der Waals surface area contributed by atoms with E-state index in [0.717, 1.165) is 10.6 Å². The van der Waals surface area contributed by atoms with E-state index in [4.69, 9.17) is 15.3 Å². The number of nitrogens with zero attached hydrogens (tertiary/aromatic N) is 2. The highest BCUT2D eigenvalue weighted by Gasteiger charge is 2.26. The number of carbonyl (C=O) groups excluding carboxylic acids is 2. The summed E-state index contributed by atoms with van der Waals surface area (Å²) in [6.07, 6.45) is 1.33. The number of ether oxygens (including phenoxy) is 1. The number of likely N-dealkylation sites (N-methyl/N-ethyl adjacent to an activating group) is 1. The first-order chi connectivity index (χ1) is 8.54. The van der Waals surface area contributed by atoms with Gasteiger partial charge in [-0.3, -0.25) is 14.6 Å². The van der Waals surface area contributed by atoms with E-state index < -0.39 is 18.1 Å². The van der Waals surface area contributed by atoms with Gasteiger partial charge in [0.25, 0.3) is 5.91 Å². The van der Waals surface area contributed by atoms with Crippen molar-refractivity contribution >= 4 is 12.0 Å². The number of hydrogen-bond donors (Lipinski definition) is 1. The smallest absolute Gasteiger partial charge is 0.405 e. The molecule has 0 aromatic carbocycles. The predicted molar refractivity (Wildman–Crippen MR) is 62.2 cm³/mol. The minimum atomic E-state index is -1.03. The molecule has 18 heavy (non-hydrogen) atoms. The minimum Gasteiger partial charge on any atom is -0.436 e. The molecule has 0 bridgehead atoms. The Hall–Kier alpha value is -2.15. The average molecular weight is 253 g/mol. The third-order valence-electron chi connectivity index (χ3n) is 2.26. The van der Waals surface area contributed by atoms with E-state index in [-0.39, 0.29) is 6.42 Å². The second-order valence-electron chi connectivity index (χ2n) is 3.51. The Morgan fingerprint density at radius 2 is 2.28 bits per heavy atom. The monoisotopic (exact) mass is 253 g/mol. The van der Waals surface area contributed by atoms with Crippen molar-refractivity contribution in [2.24, 2.45) is 5.73 Å². The number of hydroxylamine groups is 2. The first-order valence-electron chi connectivity index (χ1n) is 5.21. The molecule has 2 N–H and O–H groups in total. The van der Waals surface area contributed by atoms with Gasteiger partial charge < -0.3 is 10.5 Å². The summed E-state index contributed by atoms with van der Waals surface area (Å²) in [4.78, 5) is 31.3. The Bertz CT molecular complexity index is 410. The summed E-state index contributed by atoms with van der Waals surface area (Å²) < 4.78 is 4.78. The van der Waals surface area contributed by atoms with Crippen LogP contribution in [0.1, 0.15) is 5.56 Å². The fourth-order valence-electron chi connectivity index (χ4n) is 1.35. The molecule has 0 unspecified atom stereocenters. The van der Waals surface area contributed by atoms with Crippen molar-refractivity contribution in [1.82, 2.24) is 10.0 Å². The molecule has 0 saturated heterocycles. The molecule has 1 atom stereocenters. The van der Waals surface area contributed by atoms with Gasteiger partial charge in [-0.1, -0.05) is 6.07 Å². The molecular formula is C11H15N3O4. The number of nitrogens with two attached hydrogens (primary N) is 1. The Morgan fingerprint density at radius 3 is 2.78 bits per heavy atom. The summed E-state index contributed by atoms with van der Waals surface area (Å²) >= 11 is 0. The van der Waals surface area contributed by atoms with Crippen LogP contribution in [-0.4, -0.2) is 42.3 Å². The highest BCUT2D eigenvalue weighted by molar-refractivity contribution is 5.82. The molecule has 0 aliphatic carbocycles. The normalized spacial score (nSPS) is 11.7. The summed E-state index contributed by atoms with van der Waals surface area (Å²) in [7, 11) is 2.76. The van der Waals surface area contributed by atoms with E-state index in [1.54, 1.807) is 24.5 Å². The maximum absolute atomic E-state index is 11.9. The molecule has 0 saturated carbocycles. The zero-order valence-electron chi connectivity index (χ0n) is 10.2. The maximum atomic E-state index is 11.9. The van der Waals surface area contributed by atoms with Crippen LogP contribution in [0.3, 0.4) is 0 Å². The van der Waals surface area contributed by atoms with E-state index in [0.29, 0.717) is 0 Å². The van der Waals surface area contributed by atoms with Crippen LogP contribution in [0.25, 0.3) is 0 Å². The average Bonchev–Trinajstić information content (AvgIpc) is 2.37. The van der Waals surface area contributed by atoms with E-state index in [1.807, 2.05) is 0 Å². The largest absolute Gasteiger partial charge is 0.436 e. The Morgan fingerprint density at radius 1 is 1.56 bits per heavy atom. The van der Waals surface area contributed by atoms with E-state index in [2.05, 4.69) is 4.98 Å². The van der Waals surface area contributed by atoms with Crippen molar-refractivity contribution in [2.75, 3.05) is 14.2 Å². The molecule has 7 heteroatoms. The summed E-state index contributed by atoms with van der Waals surface area (Å²) in [5.74, 6) is -0.500. The molecule has 2 amide bonds. The first-order valence-corrected chi connectivity index (χ1v) is 5.21. The van der Waals surface area contributed by atoms with E-state index in [9.17, 15) is 9.59 Å². The molecule has 0 radical (unpaired) electrons. The quantitative estimate of drug-likeness (QED) is 0.751. The lowest BCUT2D eigenvalue weighted by Gasteiger charge is -2.21. The van der Waals surface area contributed by atoms with Gasteiger partial charge in [-0.05, 0) is 11.6 Å². The number of rotatable bonds is 5. The van der Waals surface area contributed by atoms with Crippen LogP contribution in [0.5, 0.6) is 0 Å². The zero-order chi connectivity index (χ0) is 13.5. The lowest BCUT2D eigenvalue weighted by molar-refractivity contribution is -0.177. The summed E-state index contributed by atoms with van der Waals surface area (Å²) in [6.45, 7) is 0. The van der Waals surface area contributed by atoms with E-state index in [1.165, 1.54) is 14.2 Å². The van der Waals surface area contributed by atoms with Crippen LogP contribution in [-0.2, 0) is 20.8 Å². The van der Waals surface area contributed by atoms with Crippen molar-refractivity contribution in [3.8, 4) is 0 Å². The molecule has 98 valence electrons. The lowest BCUT2D eigenvalue weighted by atomic mass is 10.1. The fourth-order valence-corrected chi connectivity index (χ4v) is 1.35. The Kier molecular flexibility index (Phi) is 5.06. The second-order valence-corrected chi connectivity index (χ2v) is 3.51. The van der Waals surface area contributed by atoms with Crippen molar-refractivity contribution in [1.29, 1.82) is 0 Å². The summed E-state index contributed by atoms with van der Waals surface area (Å²) in [6, 6.07) is 3.49. The third kappa shape index (κ3) is 4.02. The van der Waals surface area contributed by atoms with Crippen LogP contribution < -0.4 is 5.73 Å². The summed E-state index contributed by atoms with van der Waals surface area (Å²) in [5, 5.41) is 0.976. The maximum Gasteiger partial charge on any atom is 0.405 e. The number of amides is 2. The van der Waals surface area contributed by atoms with Crippen molar-refractivity contribution in [3.05, 3.63) is 30.1 Å². The topological polar surface area (TPSA) is 94.8 Å². The molecule has 0 spiro atoms. The molecule has 1 aromatic heterocycles. The molecule has 1 heterocycles. The molecule has 1 aromatic rings. The standard InChI is InChI=1S/C11H15N3O4/c1-14(17-2)10(15)9(18-11(12)16)6-8-4-3-5-13-7-8/h3-5,7,9H,6H2,1-2H3,(H2,12,16)/t9-/m0/s1. The Balaban J connectivity index is 2.78. The van der Waals surface area contributed by atoms with Crippen molar-refractivity contribution < 1.29 is 19.2 Å². The van der Waals surface area contributed by atoms with Crippen LogP contribution >= 0.6 is 0 Å². The lowest BCUT2D eigenvalue weighted by Crippen LogP contribution is -2.40. The van der Waals surface area contributed by atoms with Gasteiger partial charge in [-0.2, -0.15) is 0 Å². The molecule has 0 aliphatic rings. The SMILES string of the molecule is CON(C)C(=O)[C@H](Cc1cccnc1)OC(N)=O. The van der Waals surface area contributed by atoms with Crippen LogP contribution in [0.4, 0.5) is 4.79 Å². The van der Waals surface area contributed by atoms with Gasteiger partial charge in [0, 0.05) is 25.9 Å². The second kappa shape index (κ2) is 6.55.